The van der Waals surface area contributed by atoms with E-state index in [9.17, 15) is 9.50 Å². The van der Waals surface area contributed by atoms with Gasteiger partial charge in [0.15, 0.2) is 0 Å². The van der Waals surface area contributed by atoms with Crippen LogP contribution < -0.4 is 0 Å². The summed E-state index contributed by atoms with van der Waals surface area (Å²) in [7, 11) is 0. The van der Waals surface area contributed by atoms with Crippen LogP contribution in [-0.4, -0.2) is 5.11 Å². The van der Waals surface area contributed by atoms with Crippen molar-refractivity contribution in [1.82, 2.24) is 0 Å². The standard InChI is InChI=1S/C15H13Cl2FO/c1-9-3-2-4-12(15(9)17)14(19)8-10-7-11(18)5-6-13(10)16/h2-7,14,19H,8H2,1H3. The Labute approximate surface area is 121 Å². The molecule has 1 nitrogen and oxygen atoms in total. The first-order chi connectivity index (χ1) is 8.99. The van der Waals surface area contributed by atoms with E-state index in [1.807, 2.05) is 19.1 Å². The number of hydrogen-bond donors (Lipinski definition) is 1. The van der Waals surface area contributed by atoms with Gasteiger partial charge >= 0.3 is 0 Å². The second-order valence-corrected chi connectivity index (χ2v) is 5.22. The van der Waals surface area contributed by atoms with E-state index in [-0.39, 0.29) is 12.2 Å². The lowest BCUT2D eigenvalue weighted by atomic mass is 10.00. The molecule has 0 aliphatic heterocycles. The normalized spacial score (nSPS) is 12.5. The summed E-state index contributed by atoms with van der Waals surface area (Å²) in [6.45, 7) is 1.87. The van der Waals surface area contributed by atoms with E-state index in [4.69, 9.17) is 23.2 Å². The van der Waals surface area contributed by atoms with Crippen molar-refractivity contribution in [2.24, 2.45) is 0 Å². The Morgan fingerprint density at radius 1 is 1.21 bits per heavy atom. The van der Waals surface area contributed by atoms with Crippen molar-refractivity contribution < 1.29 is 9.50 Å². The summed E-state index contributed by atoms with van der Waals surface area (Å²) in [5, 5.41) is 11.2. The molecule has 0 bridgehead atoms. The largest absolute Gasteiger partial charge is 0.388 e. The van der Waals surface area contributed by atoms with Gasteiger partial charge in [0.05, 0.1) is 6.10 Å². The monoisotopic (exact) mass is 298 g/mol. The van der Waals surface area contributed by atoms with E-state index < -0.39 is 6.10 Å². The van der Waals surface area contributed by atoms with E-state index in [2.05, 4.69) is 0 Å². The number of rotatable bonds is 3. The molecular weight excluding hydrogens is 286 g/mol. The van der Waals surface area contributed by atoms with Crippen molar-refractivity contribution in [3.8, 4) is 0 Å². The van der Waals surface area contributed by atoms with Crippen LogP contribution in [0.25, 0.3) is 0 Å². The Bertz CT molecular complexity index is 599. The molecule has 0 amide bonds. The number of hydrogen-bond acceptors (Lipinski definition) is 1. The number of aliphatic hydroxyl groups excluding tert-OH is 1. The summed E-state index contributed by atoms with van der Waals surface area (Å²) in [5.41, 5.74) is 2.08. The van der Waals surface area contributed by atoms with E-state index in [0.29, 0.717) is 21.2 Å². The highest BCUT2D eigenvalue weighted by molar-refractivity contribution is 6.32. The topological polar surface area (TPSA) is 20.2 Å². The van der Waals surface area contributed by atoms with Crippen LogP contribution in [-0.2, 0) is 6.42 Å². The minimum Gasteiger partial charge on any atom is -0.388 e. The molecule has 0 fully saturated rings. The van der Waals surface area contributed by atoms with Crippen molar-refractivity contribution in [3.63, 3.8) is 0 Å². The van der Waals surface area contributed by atoms with Crippen LogP contribution in [0.1, 0.15) is 22.8 Å². The summed E-state index contributed by atoms with van der Waals surface area (Å²) in [6.07, 6.45) is -0.591. The Kier molecular flexibility index (Phi) is 4.46. The Balaban J connectivity index is 2.28. The molecule has 4 heteroatoms. The molecule has 2 rings (SSSR count). The van der Waals surface area contributed by atoms with Gasteiger partial charge in [-0.25, -0.2) is 4.39 Å². The third kappa shape index (κ3) is 3.27. The molecule has 19 heavy (non-hydrogen) atoms. The van der Waals surface area contributed by atoms with Crippen LogP contribution in [0.15, 0.2) is 36.4 Å². The van der Waals surface area contributed by atoms with E-state index in [0.717, 1.165) is 5.56 Å². The highest BCUT2D eigenvalue weighted by Gasteiger charge is 2.15. The van der Waals surface area contributed by atoms with Crippen molar-refractivity contribution >= 4 is 23.2 Å². The molecule has 1 unspecified atom stereocenters. The van der Waals surface area contributed by atoms with Gasteiger partial charge in [0.25, 0.3) is 0 Å². The minimum atomic E-state index is -0.813. The zero-order valence-corrected chi connectivity index (χ0v) is 11.8. The molecule has 2 aromatic carbocycles. The van der Waals surface area contributed by atoms with Crippen LogP contribution in [0.3, 0.4) is 0 Å². The van der Waals surface area contributed by atoms with Gasteiger partial charge < -0.3 is 5.11 Å². The first-order valence-electron chi connectivity index (χ1n) is 5.86. The van der Waals surface area contributed by atoms with Crippen molar-refractivity contribution in [3.05, 3.63) is 69.0 Å². The average Bonchev–Trinajstić information content (AvgIpc) is 2.37. The molecule has 0 radical (unpaired) electrons. The van der Waals surface area contributed by atoms with Crippen molar-refractivity contribution in [2.45, 2.75) is 19.4 Å². The quantitative estimate of drug-likeness (QED) is 0.869. The Morgan fingerprint density at radius 2 is 1.95 bits per heavy atom. The van der Waals surface area contributed by atoms with Crippen molar-refractivity contribution in [1.29, 1.82) is 0 Å². The second-order valence-electron chi connectivity index (χ2n) is 4.43. The minimum absolute atomic E-state index is 0.222. The van der Waals surface area contributed by atoms with Gasteiger partial charge in [0, 0.05) is 16.5 Å². The average molecular weight is 299 g/mol. The maximum atomic E-state index is 13.2. The van der Waals surface area contributed by atoms with E-state index in [1.165, 1.54) is 18.2 Å². The highest BCUT2D eigenvalue weighted by Crippen LogP contribution is 2.30. The maximum absolute atomic E-state index is 13.2. The second kappa shape index (κ2) is 5.91. The van der Waals surface area contributed by atoms with Gasteiger partial charge in [-0.1, -0.05) is 41.4 Å². The van der Waals surface area contributed by atoms with Gasteiger partial charge in [0.2, 0.25) is 0 Å². The zero-order chi connectivity index (χ0) is 14.0. The van der Waals surface area contributed by atoms with Gasteiger partial charge in [0.1, 0.15) is 5.82 Å². The predicted octanol–water partition coefficient (Wildman–Crippen LogP) is 4.72. The number of aryl methyl sites for hydroxylation is 1. The number of benzene rings is 2. The van der Waals surface area contributed by atoms with Gasteiger partial charge in [-0.2, -0.15) is 0 Å². The predicted molar refractivity (Wildman–Crippen MR) is 76.3 cm³/mol. The zero-order valence-electron chi connectivity index (χ0n) is 10.3. The third-order valence-corrected chi connectivity index (χ3v) is 3.89. The fraction of sp³-hybridized carbons (Fsp3) is 0.200. The summed E-state index contributed by atoms with van der Waals surface area (Å²) in [5.74, 6) is -0.373. The molecule has 1 atom stereocenters. The number of halogens is 3. The summed E-state index contributed by atoms with van der Waals surface area (Å²) in [6, 6.07) is 9.55. The number of aliphatic hydroxyl groups is 1. The SMILES string of the molecule is Cc1cccc(C(O)Cc2cc(F)ccc2Cl)c1Cl. The van der Waals surface area contributed by atoms with Gasteiger partial charge in [-0.3, -0.25) is 0 Å². The van der Waals surface area contributed by atoms with Crippen molar-refractivity contribution in [2.75, 3.05) is 0 Å². The lowest BCUT2D eigenvalue weighted by Crippen LogP contribution is -2.04. The van der Waals surface area contributed by atoms with Crippen LogP contribution in [0.5, 0.6) is 0 Å². The Morgan fingerprint density at radius 3 is 2.68 bits per heavy atom. The lowest BCUT2D eigenvalue weighted by Gasteiger charge is -2.15. The fourth-order valence-corrected chi connectivity index (χ4v) is 2.39. The van der Waals surface area contributed by atoms with Gasteiger partial charge in [-0.05, 0) is 41.8 Å². The molecule has 0 saturated heterocycles. The summed E-state index contributed by atoms with van der Waals surface area (Å²) in [4.78, 5) is 0. The molecule has 0 aliphatic rings. The van der Waals surface area contributed by atoms with Crippen LogP contribution in [0.4, 0.5) is 4.39 Å². The summed E-state index contributed by atoms with van der Waals surface area (Å²) >= 11 is 12.1. The first kappa shape index (κ1) is 14.3. The van der Waals surface area contributed by atoms with Crippen LogP contribution in [0, 0.1) is 12.7 Å². The molecular formula is C15H13Cl2FO. The van der Waals surface area contributed by atoms with E-state index in [1.54, 1.807) is 6.07 Å². The summed E-state index contributed by atoms with van der Waals surface area (Å²) < 4.78 is 13.2. The molecule has 0 aliphatic carbocycles. The van der Waals surface area contributed by atoms with E-state index >= 15 is 0 Å². The molecule has 0 spiro atoms. The molecule has 1 N–H and O–H groups in total. The van der Waals surface area contributed by atoms with Crippen LogP contribution in [0.2, 0.25) is 10.0 Å². The maximum Gasteiger partial charge on any atom is 0.123 e. The first-order valence-corrected chi connectivity index (χ1v) is 6.61. The molecule has 100 valence electrons. The molecule has 2 aromatic rings. The Hall–Kier alpha value is -1.09. The third-order valence-electron chi connectivity index (χ3n) is 3.00. The van der Waals surface area contributed by atoms with Gasteiger partial charge in [-0.15, -0.1) is 0 Å². The molecule has 0 heterocycles. The molecule has 0 saturated carbocycles. The lowest BCUT2D eigenvalue weighted by molar-refractivity contribution is 0.178. The molecule has 0 aromatic heterocycles. The fourth-order valence-electron chi connectivity index (χ4n) is 1.95. The highest BCUT2D eigenvalue weighted by atomic mass is 35.5. The smallest absolute Gasteiger partial charge is 0.123 e. The van der Waals surface area contributed by atoms with Crippen LogP contribution >= 0.6 is 23.2 Å².